The average Bonchev–Trinajstić information content (AvgIpc) is 2.67. The Morgan fingerprint density at radius 1 is 1.11 bits per heavy atom. The van der Waals surface area contributed by atoms with E-state index in [0.29, 0.717) is 25.3 Å². The molecule has 6 nitrogen and oxygen atoms in total. The number of rotatable bonds is 8. The second-order valence-electron chi connectivity index (χ2n) is 6.98. The lowest BCUT2D eigenvalue weighted by Gasteiger charge is -2.26. The van der Waals surface area contributed by atoms with Gasteiger partial charge in [-0.15, -0.1) is 0 Å². The van der Waals surface area contributed by atoms with Gasteiger partial charge >= 0.3 is 6.09 Å². The van der Waals surface area contributed by atoms with Gasteiger partial charge in [0, 0.05) is 26.7 Å². The summed E-state index contributed by atoms with van der Waals surface area (Å²) in [6.45, 7) is 7.31. The van der Waals surface area contributed by atoms with Crippen molar-refractivity contribution < 1.29 is 14.6 Å². The highest BCUT2D eigenvalue weighted by atomic mass is 16.6. The molecule has 1 aromatic carbocycles. The third-order valence-electron chi connectivity index (χ3n) is 4.30. The van der Waals surface area contributed by atoms with E-state index < -0.39 is 5.60 Å². The predicted octanol–water partition coefficient (Wildman–Crippen LogP) is 3.40. The summed E-state index contributed by atoms with van der Waals surface area (Å²) in [6.07, 6.45) is -0.326. The number of benzene rings is 1. The molecule has 0 saturated heterocycles. The molecular formula is C21H29N3O3. The largest absolute Gasteiger partial charge is 0.445 e. The van der Waals surface area contributed by atoms with Crippen molar-refractivity contribution in [1.29, 1.82) is 0 Å². The molecule has 1 N–H and O–H groups in total. The van der Waals surface area contributed by atoms with Crippen LogP contribution in [0.15, 0.2) is 48.5 Å². The number of carbonyl (C=O) groups excluding carboxylic acids is 1. The van der Waals surface area contributed by atoms with E-state index in [0.717, 1.165) is 11.4 Å². The number of likely N-dealkylation sites (N-methyl/N-ethyl adjacent to an activating group) is 2. The van der Waals surface area contributed by atoms with Crippen LogP contribution in [0.3, 0.4) is 0 Å². The predicted molar refractivity (Wildman–Crippen MR) is 107 cm³/mol. The molecule has 0 saturated carbocycles. The first-order valence-corrected chi connectivity index (χ1v) is 9.18. The third kappa shape index (κ3) is 6.25. The van der Waals surface area contributed by atoms with Crippen LogP contribution in [0.25, 0.3) is 0 Å². The Balaban J connectivity index is 1.90. The first kappa shape index (κ1) is 20.7. The van der Waals surface area contributed by atoms with Crippen molar-refractivity contribution in [2.75, 3.05) is 31.6 Å². The van der Waals surface area contributed by atoms with Crippen molar-refractivity contribution in [2.45, 2.75) is 33.0 Å². The number of ether oxygens (including phenoxy) is 1. The van der Waals surface area contributed by atoms with Crippen molar-refractivity contribution in [2.24, 2.45) is 0 Å². The Bertz CT molecular complexity index is 729. The Labute approximate surface area is 161 Å². The Morgan fingerprint density at radius 3 is 2.44 bits per heavy atom. The molecule has 0 radical (unpaired) electrons. The normalized spacial score (nSPS) is 11.1. The lowest BCUT2D eigenvalue weighted by atomic mass is 10.1. The summed E-state index contributed by atoms with van der Waals surface area (Å²) in [4.78, 5) is 20.5. The maximum absolute atomic E-state index is 12.3. The summed E-state index contributed by atoms with van der Waals surface area (Å²) >= 11 is 0. The van der Waals surface area contributed by atoms with Gasteiger partial charge in [-0.3, -0.25) is 0 Å². The fourth-order valence-electron chi connectivity index (χ4n) is 2.55. The van der Waals surface area contributed by atoms with Gasteiger partial charge in [-0.25, -0.2) is 9.78 Å². The summed E-state index contributed by atoms with van der Waals surface area (Å²) in [6, 6.07) is 15.2. The molecule has 0 aliphatic rings. The summed E-state index contributed by atoms with van der Waals surface area (Å²) in [7, 11) is 1.92. The minimum atomic E-state index is -0.993. The Hall–Kier alpha value is -2.60. The molecule has 6 heteroatoms. The van der Waals surface area contributed by atoms with Gasteiger partial charge < -0.3 is 19.6 Å². The van der Waals surface area contributed by atoms with Gasteiger partial charge in [0.2, 0.25) is 0 Å². The van der Waals surface area contributed by atoms with E-state index in [1.165, 1.54) is 0 Å². The molecule has 146 valence electrons. The number of aromatic nitrogens is 1. The van der Waals surface area contributed by atoms with Crippen LogP contribution >= 0.6 is 0 Å². The second kappa shape index (κ2) is 9.37. The van der Waals surface area contributed by atoms with Gasteiger partial charge in [-0.1, -0.05) is 36.4 Å². The maximum Gasteiger partial charge on any atom is 0.410 e. The quantitative estimate of drug-likeness (QED) is 0.770. The van der Waals surface area contributed by atoms with E-state index in [1.54, 1.807) is 24.8 Å². The van der Waals surface area contributed by atoms with Crippen molar-refractivity contribution in [3.63, 3.8) is 0 Å². The number of hydrogen-bond donors (Lipinski definition) is 1. The molecular weight excluding hydrogens is 342 g/mol. The molecule has 0 fully saturated rings. The molecule has 1 heterocycles. The molecule has 2 aromatic rings. The van der Waals surface area contributed by atoms with E-state index in [4.69, 9.17) is 4.74 Å². The minimum Gasteiger partial charge on any atom is -0.445 e. The smallest absolute Gasteiger partial charge is 0.410 e. The zero-order valence-corrected chi connectivity index (χ0v) is 16.6. The van der Waals surface area contributed by atoms with Crippen molar-refractivity contribution in [1.82, 2.24) is 9.88 Å². The zero-order chi connectivity index (χ0) is 19.9. The molecule has 27 heavy (non-hydrogen) atoms. The third-order valence-corrected chi connectivity index (χ3v) is 4.30. The van der Waals surface area contributed by atoms with Gasteiger partial charge in [-0.05, 0) is 38.5 Å². The summed E-state index contributed by atoms with van der Waals surface area (Å²) in [5, 5.41) is 10.1. The number of aliphatic hydroxyl groups is 1. The molecule has 0 aliphatic carbocycles. The van der Waals surface area contributed by atoms with E-state index in [9.17, 15) is 9.90 Å². The van der Waals surface area contributed by atoms with Crippen LogP contribution in [-0.2, 0) is 16.9 Å². The molecule has 1 amide bonds. The average molecular weight is 371 g/mol. The van der Waals surface area contributed by atoms with Crippen molar-refractivity contribution >= 4 is 11.9 Å². The Kier molecular flexibility index (Phi) is 7.19. The Morgan fingerprint density at radius 2 is 1.81 bits per heavy atom. The molecule has 1 aromatic heterocycles. The van der Waals surface area contributed by atoms with Gasteiger partial charge in [0.1, 0.15) is 18.0 Å². The van der Waals surface area contributed by atoms with Gasteiger partial charge in [0.25, 0.3) is 0 Å². The molecule has 0 spiro atoms. The van der Waals surface area contributed by atoms with Crippen LogP contribution in [-0.4, -0.2) is 47.8 Å². The molecule has 0 atom stereocenters. The van der Waals surface area contributed by atoms with E-state index in [2.05, 4.69) is 4.98 Å². The zero-order valence-electron chi connectivity index (χ0n) is 16.6. The summed E-state index contributed by atoms with van der Waals surface area (Å²) in [5.41, 5.74) is 0.584. The van der Waals surface area contributed by atoms with Gasteiger partial charge in [0.05, 0.1) is 5.69 Å². The molecule has 0 bridgehead atoms. The van der Waals surface area contributed by atoms with Crippen LogP contribution in [0.1, 0.15) is 32.0 Å². The fourth-order valence-corrected chi connectivity index (χ4v) is 2.55. The second-order valence-corrected chi connectivity index (χ2v) is 6.98. The first-order chi connectivity index (χ1) is 12.8. The van der Waals surface area contributed by atoms with Gasteiger partial charge in [0.15, 0.2) is 0 Å². The molecule has 0 unspecified atom stereocenters. The van der Waals surface area contributed by atoms with Crippen LogP contribution in [0.5, 0.6) is 0 Å². The monoisotopic (exact) mass is 371 g/mol. The van der Waals surface area contributed by atoms with E-state index in [-0.39, 0.29) is 12.7 Å². The van der Waals surface area contributed by atoms with E-state index in [1.807, 2.05) is 61.3 Å². The van der Waals surface area contributed by atoms with Crippen molar-refractivity contribution in [3.8, 4) is 0 Å². The summed E-state index contributed by atoms with van der Waals surface area (Å²) in [5.74, 6) is 0.753. The number of anilines is 1. The van der Waals surface area contributed by atoms with E-state index >= 15 is 0 Å². The SMILES string of the molecule is CCN(CCN(C)c1cccc(C(C)(C)O)n1)C(=O)OCc1ccccc1. The lowest BCUT2D eigenvalue weighted by molar-refractivity contribution is 0.0739. The standard InChI is InChI=1S/C21H29N3O3/c1-5-24(20(25)27-16-17-10-7-6-8-11-17)15-14-23(4)19-13-9-12-18(22-19)21(2,3)26/h6-13,26H,5,14-16H2,1-4H3. The first-order valence-electron chi connectivity index (χ1n) is 9.18. The lowest BCUT2D eigenvalue weighted by Crippen LogP contribution is -2.38. The number of amides is 1. The van der Waals surface area contributed by atoms with Crippen LogP contribution in [0.4, 0.5) is 10.6 Å². The minimum absolute atomic E-state index is 0.265. The van der Waals surface area contributed by atoms with Crippen LogP contribution < -0.4 is 4.90 Å². The molecule has 2 rings (SSSR count). The highest BCUT2D eigenvalue weighted by Gasteiger charge is 2.19. The number of carbonyl (C=O) groups is 1. The maximum atomic E-state index is 12.3. The van der Waals surface area contributed by atoms with Crippen molar-refractivity contribution in [3.05, 3.63) is 59.8 Å². The van der Waals surface area contributed by atoms with Crippen LogP contribution in [0, 0.1) is 0 Å². The summed E-state index contributed by atoms with van der Waals surface area (Å²) < 4.78 is 5.40. The number of hydrogen-bond acceptors (Lipinski definition) is 5. The number of nitrogens with zero attached hydrogens (tertiary/aromatic N) is 3. The highest BCUT2D eigenvalue weighted by molar-refractivity contribution is 5.67. The van der Waals surface area contributed by atoms with Crippen LogP contribution in [0.2, 0.25) is 0 Å². The van der Waals surface area contributed by atoms with Gasteiger partial charge in [-0.2, -0.15) is 0 Å². The highest BCUT2D eigenvalue weighted by Crippen LogP contribution is 2.20. The topological polar surface area (TPSA) is 65.9 Å². The molecule has 0 aliphatic heterocycles. The number of pyridine rings is 1. The fraction of sp³-hybridized carbons (Fsp3) is 0.429.